The molecule has 1 N–H and O–H groups in total. The SMILES string of the molecule is CC(=O)/C=C\c1cnc[nH]1. The summed E-state index contributed by atoms with van der Waals surface area (Å²) < 4.78 is 0. The minimum Gasteiger partial charge on any atom is -0.345 e. The second-order valence-corrected chi connectivity index (χ2v) is 1.95. The molecule has 0 aromatic carbocycles. The Balaban J connectivity index is 2.64. The zero-order chi connectivity index (χ0) is 7.40. The fourth-order valence-corrected chi connectivity index (χ4v) is 0.565. The number of carbonyl (C=O) groups excluding carboxylic acids is 1. The molecule has 0 spiro atoms. The molecule has 0 atom stereocenters. The van der Waals surface area contributed by atoms with E-state index in [9.17, 15) is 4.79 Å². The van der Waals surface area contributed by atoms with Crippen LogP contribution in [0.5, 0.6) is 0 Å². The zero-order valence-corrected chi connectivity index (χ0v) is 5.66. The van der Waals surface area contributed by atoms with Crippen molar-refractivity contribution in [3.05, 3.63) is 24.3 Å². The van der Waals surface area contributed by atoms with Crippen molar-refractivity contribution in [1.82, 2.24) is 9.97 Å². The summed E-state index contributed by atoms with van der Waals surface area (Å²) in [6.07, 6.45) is 6.40. The van der Waals surface area contributed by atoms with E-state index in [4.69, 9.17) is 0 Å². The molecule has 0 saturated heterocycles. The molecule has 0 saturated carbocycles. The van der Waals surface area contributed by atoms with Gasteiger partial charge in [0.1, 0.15) is 0 Å². The number of rotatable bonds is 2. The summed E-state index contributed by atoms with van der Waals surface area (Å²) in [5, 5.41) is 0. The fraction of sp³-hybridized carbons (Fsp3) is 0.143. The lowest BCUT2D eigenvalue weighted by atomic mass is 10.3. The number of ketones is 1. The zero-order valence-electron chi connectivity index (χ0n) is 5.66. The highest BCUT2D eigenvalue weighted by Gasteiger charge is 1.85. The Bertz CT molecular complexity index is 236. The van der Waals surface area contributed by atoms with E-state index in [1.165, 1.54) is 13.0 Å². The average molecular weight is 136 g/mol. The van der Waals surface area contributed by atoms with Gasteiger partial charge in [-0.25, -0.2) is 4.98 Å². The van der Waals surface area contributed by atoms with Crippen LogP contribution >= 0.6 is 0 Å². The number of aromatic nitrogens is 2. The molecular weight excluding hydrogens is 128 g/mol. The van der Waals surface area contributed by atoms with Crippen molar-refractivity contribution in [2.75, 3.05) is 0 Å². The Morgan fingerprint density at radius 3 is 3.10 bits per heavy atom. The van der Waals surface area contributed by atoms with Crippen LogP contribution in [0.3, 0.4) is 0 Å². The molecule has 52 valence electrons. The Morgan fingerprint density at radius 2 is 2.60 bits per heavy atom. The first kappa shape index (κ1) is 6.74. The molecule has 1 aromatic rings. The van der Waals surface area contributed by atoms with Crippen LogP contribution in [0.1, 0.15) is 12.6 Å². The Hall–Kier alpha value is -1.38. The molecule has 3 heteroatoms. The monoisotopic (exact) mass is 136 g/mol. The summed E-state index contributed by atoms with van der Waals surface area (Å²) in [5.74, 6) is 0.0367. The van der Waals surface area contributed by atoms with Gasteiger partial charge < -0.3 is 4.98 Å². The number of allylic oxidation sites excluding steroid dienone is 1. The lowest BCUT2D eigenvalue weighted by Crippen LogP contribution is -1.79. The lowest BCUT2D eigenvalue weighted by molar-refractivity contribution is -0.112. The topological polar surface area (TPSA) is 45.8 Å². The summed E-state index contributed by atoms with van der Waals surface area (Å²) in [6.45, 7) is 1.51. The highest BCUT2D eigenvalue weighted by atomic mass is 16.1. The Labute approximate surface area is 58.8 Å². The first-order valence-corrected chi connectivity index (χ1v) is 2.96. The van der Waals surface area contributed by atoms with E-state index in [-0.39, 0.29) is 5.78 Å². The average Bonchev–Trinajstić information content (AvgIpc) is 2.34. The van der Waals surface area contributed by atoms with Gasteiger partial charge in [0.25, 0.3) is 0 Å². The van der Waals surface area contributed by atoms with Crippen molar-refractivity contribution in [2.45, 2.75) is 6.92 Å². The third-order valence-electron chi connectivity index (χ3n) is 1.02. The number of imidazole rings is 1. The van der Waals surface area contributed by atoms with Gasteiger partial charge in [0.2, 0.25) is 0 Å². The summed E-state index contributed by atoms with van der Waals surface area (Å²) in [7, 11) is 0. The van der Waals surface area contributed by atoms with Gasteiger partial charge in [-0.2, -0.15) is 0 Å². The molecule has 0 aliphatic carbocycles. The molecule has 1 heterocycles. The second kappa shape index (κ2) is 2.96. The maximum absolute atomic E-state index is 10.4. The van der Waals surface area contributed by atoms with Gasteiger partial charge in [0.15, 0.2) is 5.78 Å². The van der Waals surface area contributed by atoms with Crippen molar-refractivity contribution in [2.24, 2.45) is 0 Å². The highest BCUT2D eigenvalue weighted by molar-refractivity contribution is 5.91. The van der Waals surface area contributed by atoms with Crippen molar-refractivity contribution in [1.29, 1.82) is 0 Å². The molecule has 0 unspecified atom stereocenters. The molecule has 10 heavy (non-hydrogen) atoms. The maximum Gasteiger partial charge on any atom is 0.152 e. The quantitative estimate of drug-likeness (QED) is 0.617. The molecule has 0 amide bonds. The largest absolute Gasteiger partial charge is 0.345 e. The first-order chi connectivity index (χ1) is 4.79. The number of H-pyrrole nitrogens is 1. The van der Waals surface area contributed by atoms with E-state index in [2.05, 4.69) is 9.97 Å². The van der Waals surface area contributed by atoms with Crippen LogP contribution in [0.15, 0.2) is 18.6 Å². The van der Waals surface area contributed by atoms with Crippen molar-refractivity contribution in [3.8, 4) is 0 Å². The van der Waals surface area contributed by atoms with Gasteiger partial charge >= 0.3 is 0 Å². The molecule has 0 aliphatic heterocycles. The van der Waals surface area contributed by atoms with Crippen molar-refractivity contribution < 1.29 is 4.79 Å². The van der Waals surface area contributed by atoms with E-state index < -0.39 is 0 Å². The van der Waals surface area contributed by atoms with Crippen molar-refractivity contribution in [3.63, 3.8) is 0 Å². The van der Waals surface area contributed by atoms with E-state index in [1.54, 1.807) is 18.6 Å². The van der Waals surface area contributed by atoms with Gasteiger partial charge in [-0.1, -0.05) is 0 Å². The lowest BCUT2D eigenvalue weighted by Gasteiger charge is -1.79. The number of aromatic amines is 1. The smallest absolute Gasteiger partial charge is 0.152 e. The maximum atomic E-state index is 10.4. The molecule has 3 nitrogen and oxygen atoms in total. The van der Waals surface area contributed by atoms with E-state index in [0.717, 1.165) is 5.69 Å². The molecule has 0 bridgehead atoms. The van der Waals surface area contributed by atoms with Crippen LogP contribution in [0.25, 0.3) is 6.08 Å². The van der Waals surface area contributed by atoms with Crippen LogP contribution in [0.4, 0.5) is 0 Å². The molecule has 1 aromatic heterocycles. The molecule has 0 radical (unpaired) electrons. The van der Waals surface area contributed by atoms with Gasteiger partial charge in [0, 0.05) is 0 Å². The van der Waals surface area contributed by atoms with E-state index >= 15 is 0 Å². The predicted molar refractivity (Wildman–Crippen MR) is 38.3 cm³/mol. The van der Waals surface area contributed by atoms with Gasteiger partial charge in [0.05, 0.1) is 18.2 Å². The minimum atomic E-state index is 0.0367. The number of nitrogens with one attached hydrogen (secondary N) is 1. The number of hydrogen-bond donors (Lipinski definition) is 1. The molecule has 0 fully saturated rings. The summed E-state index contributed by atoms with van der Waals surface area (Å²) in [4.78, 5) is 17.0. The Morgan fingerprint density at radius 1 is 1.80 bits per heavy atom. The molecule has 0 aliphatic rings. The number of carbonyl (C=O) groups is 1. The standard InChI is InChI=1S/C7H8N2O/c1-6(10)2-3-7-4-8-5-9-7/h2-5H,1H3,(H,8,9)/b3-2-. The van der Waals surface area contributed by atoms with Gasteiger partial charge in [-0.15, -0.1) is 0 Å². The number of hydrogen-bond acceptors (Lipinski definition) is 2. The normalized spacial score (nSPS) is 10.5. The second-order valence-electron chi connectivity index (χ2n) is 1.95. The van der Waals surface area contributed by atoms with Crippen molar-refractivity contribution >= 4 is 11.9 Å². The van der Waals surface area contributed by atoms with E-state index in [1.807, 2.05) is 0 Å². The summed E-state index contributed by atoms with van der Waals surface area (Å²) >= 11 is 0. The highest BCUT2D eigenvalue weighted by Crippen LogP contribution is 1.93. The van der Waals surface area contributed by atoms with Crippen LogP contribution in [0.2, 0.25) is 0 Å². The molecular formula is C7H8N2O. The fourth-order valence-electron chi connectivity index (χ4n) is 0.565. The third-order valence-corrected chi connectivity index (χ3v) is 1.02. The van der Waals surface area contributed by atoms with Gasteiger partial charge in [-0.05, 0) is 19.1 Å². The first-order valence-electron chi connectivity index (χ1n) is 2.96. The van der Waals surface area contributed by atoms with E-state index in [0.29, 0.717) is 0 Å². The van der Waals surface area contributed by atoms with Gasteiger partial charge in [-0.3, -0.25) is 4.79 Å². The van der Waals surface area contributed by atoms with Crippen LogP contribution in [-0.2, 0) is 4.79 Å². The summed E-state index contributed by atoms with van der Waals surface area (Å²) in [5.41, 5.74) is 0.843. The minimum absolute atomic E-state index is 0.0367. The number of nitrogens with zero attached hydrogens (tertiary/aromatic N) is 1. The predicted octanol–water partition coefficient (Wildman–Crippen LogP) is 1.01. The summed E-state index contributed by atoms with van der Waals surface area (Å²) in [6, 6.07) is 0. The van der Waals surface area contributed by atoms with Crippen LogP contribution in [0, 0.1) is 0 Å². The molecule has 1 rings (SSSR count). The van der Waals surface area contributed by atoms with Crippen LogP contribution < -0.4 is 0 Å². The van der Waals surface area contributed by atoms with Crippen LogP contribution in [-0.4, -0.2) is 15.8 Å². The Kier molecular flexibility index (Phi) is 1.99. The third kappa shape index (κ3) is 1.85.